The van der Waals surface area contributed by atoms with E-state index < -0.39 is 5.41 Å². The van der Waals surface area contributed by atoms with Crippen molar-refractivity contribution in [2.24, 2.45) is 5.41 Å². The topological polar surface area (TPSA) is 94.9 Å². The molecule has 0 aromatic carbocycles. The summed E-state index contributed by atoms with van der Waals surface area (Å²) in [5, 5.41) is 16.4. The van der Waals surface area contributed by atoms with Gasteiger partial charge in [-0.05, 0) is 19.3 Å². The molecule has 0 spiro atoms. The van der Waals surface area contributed by atoms with Gasteiger partial charge >= 0.3 is 0 Å². The van der Waals surface area contributed by atoms with E-state index in [9.17, 15) is 10.1 Å². The van der Waals surface area contributed by atoms with E-state index in [-0.39, 0.29) is 17.9 Å². The largest absolute Gasteiger partial charge is 0.367 e. The molecular weight excluding hydrogens is 282 g/mol. The van der Waals surface area contributed by atoms with Crippen LogP contribution in [-0.2, 0) is 9.53 Å². The number of aromatic nitrogens is 3. The summed E-state index contributed by atoms with van der Waals surface area (Å²) >= 11 is 0. The van der Waals surface area contributed by atoms with Crippen molar-refractivity contribution in [3.8, 4) is 6.07 Å². The van der Waals surface area contributed by atoms with Crippen LogP contribution in [0.5, 0.6) is 0 Å². The van der Waals surface area contributed by atoms with Gasteiger partial charge in [-0.1, -0.05) is 13.8 Å². The maximum atomic E-state index is 12.6. The molecule has 1 amide bonds. The van der Waals surface area contributed by atoms with Crippen molar-refractivity contribution in [2.75, 3.05) is 19.7 Å². The van der Waals surface area contributed by atoms with Gasteiger partial charge in [0.2, 0.25) is 5.91 Å². The first-order chi connectivity index (χ1) is 10.6. The van der Waals surface area contributed by atoms with E-state index in [1.807, 2.05) is 13.8 Å². The number of nitrogens with one attached hydrogen (secondary N) is 1. The average molecular weight is 303 g/mol. The highest BCUT2D eigenvalue weighted by Gasteiger charge is 2.47. The number of amides is 1. The third kappa shape index (κ3) is 2.48. The van der Waals surface area contributed by atoms with E-state index >= 15 is 0 Å². The second-order valence-corrected chi connectivity index (χ2v) is 6.39. The molecule has 2 fully saturated rings. The molecule has 3 rings (SSSR count). The summed E-state index contributed by atoms with van der Waals surface area (Å²) in [4.78, 5) is 18.8. The summed E-state index contributed by atoms with van der Waals surface area (Å²) in [6.45, 7) is 5.46. The molecule has 0 radical (unpaired) electrons. The molecular formula is C15H21N5O2. The third-order valence-electron chi connectivity index (χ3n) is 4.53. The number of H-pyrrole nitrogens is 1. The summed E-state index contributed by atoms with van der Waals surface area (Å²) in [7, 11) is 0. The third-order valence-corrected chi connectivity index (χ3v) is 4.53. The van der Waals surface area contributed by atoms with Gasteiger partial charge in [0, 0.05) is 12.5 Å². The van der Waals surface area contributed by atoms with Crippen molar-refractivity contribution in [1.29, 1.82) is 5.26 Å². The zero-order valence-corrected chi connectivity index (χ0v) is 13.0. The number of nitrogens with zero attached hydrogens (tertiary/aromatic N) is 4. The van der Waals surface area contributed by atoms with Gasteiger partial charge in [-0.3, -0.25) is 9.89 Å². The predicted octanol–water partition coefficient (Wildman–Crippen LogP) is 1.52. The van der Waals surface area contributed by atoms with Crippen LogP contribution in [0.1, 0.15) is 56.8 Å². The van der Waals surface area contributed by atoms with Crippen molar-refractivity contribution in [3.63, 3.8) is 0 Å². The number of ether oxygens (including phenoxy) is 1. The second kappa shape index (κ2) is 5.69. The summed E-state index contributed by atoms with van der Waals surface area (Å²) < 4.78 is 5.72. The number of hydrogen-bond donors (Lipinski definition) is 1. The van der Waals surface area contributed by atoms with Crippen LogP contribution >= 0.6 is 0 Å². The van der Waals surface area contributed by atoms with Gasteiger partial charge in [0.15, 0.2) is 11.6 Å². The molecule has 1 saturated carbocycles. The van der Waals surface area contributed by atoms with Crippen LogP contribution in [0.2, 0.25) is 0 Å². The Bertz CT molecular complexity index is 599. The fourth-order valence-corrected chi connectivity index (χ4v) is 2.90. The molecule has 1 aliphatic carbocycles. The fourth-order valence-electron chi connectivity index (χ4n) is 2.90. The number of aromatic amines is 1. The maximum Gasteiger partial charge on any atom is 0.243 e. The molecule has 2 aliphatic rings. The van der Waals surface area contributed by atoms with Gasteiger partial charge in [-0.2, -0.15) is 10.4 Å². The number of carbonyl (C=O) groups excluding carboxylic acids is 1. The van der Waals surface area contributed by atoms with Gasteiger partial charge in [0.1, 0.15) is 11.5 Å². The minimum absolute atomic E-state index is 0.0573. The Labute approximate surface area is 129 Å². The lowest BCUT2D eigenvalue weighted by Crippen LogP contribution is -2.51. The molecule has 118 valence electrons. The second-order valence-electron chi connectivity index (χ2n) is 6.39. The summed E-state index contributed by atoms with van der Waals surface area (Å²) in [6.07, 6.45) is 2.00. The molecule has 1 saturated heterocycles. The van der Waals surface area contributed by atoms with Crippen molar-refractivity contribution >= 4 is 5.91 Å². The zero-order chi connectivity index (χ0) is 15.7. The van der Waals surface area contributed by atoms with E-state index in [0.717, 1.165) is 12.2 Å². The van der Waals surface area contributed by atoms with E-state index in [2.05, 4.69) is 21.3 Å². The van der Waals surface area contributed by atoms with Gasteiger partial charge < -0.3 is 9.64 Å². The Kier molecular flexibility index (Phi) is 3.87. The van der Waals surface area contributed by atoms with Crippen molar-refractivity contribution < 1.29 is 9.53 Å². The molecule has 7 nitrogen and oxygen atoms in total. The fraction of sp³-hybridized carbons (Fsp3) is 0.733. The van der Waals surface area contributed by atoms with E-state index in [0.29, 0.717) is 38.4 Å². The summed E-state index contributed by atoms with van der Waals surface area (Å²) in [5.74, 6) is 1.58. The van der Waals surface area contributed by atoms with Gasteiger partial charge in [0.05, 0.1) is 19.2 Å². The number of rotatable bonds is 3. The number of hydrogen-bond acceptors (Lipinski definition) is 5. The molecule has 0 unspecified atom stereocenters. The maximum absolute atomic E-state index is 12.6. The van der Waals surface area contributed by atoms with Crippen LogP contribution in [0.4, 0.5) is 0 Å². The molecule has 7 heteroatoms. The Morgan fingerprint density at radius 3 is 2.86 bits per heavy atom. The number of carbonyl (C=O) groups is 1. The van der Waals surface area contributed by atoms with E-state index in [4.69, 9.17) is 4.74 Å². The lowest BCUT2D eigenvalue weighted by atomic mass is 9.69. The Hall–Kier alpha value is -1.94. The highest BCUT2D eigenvalue weighted by molar-refractivity contribution is 5.86. The summed E-state index contributed by atoms with van der Waals surface area (Å²) in [6, 6.07) is 2.22. The minimum atomic E-state index is -0.799. The van der Waals surface area contributed by atoms with Crippen molar-refractivity contribution in [2.45, 2.75) is 45.1 Å². The van der Waals surface area contributed by atoms with Crippen LogP contribution in [0, 0.1) is 16.7 Å². The molecule has 2 heterocycles. The Balaban J connectivity index is 1.71. The van der Waals surface area contributed by atoms with Crippen LogP contribution in [0.3, 0.4) is 0 Å². The van der Waals surface area contributed by atoms with Crippen molar-refractivity contribution in [1.82, 2.24) is 20.1 Å². The zero-order valence-electron chi connectivity index (χ0n) is 13.0. The molecule has 1 aliphatic heterocycles. The standard InChI is InChI=1S/C15H21N5O2/c1-10(2)12-17-13(19-18-12)11-8-20(6-7-22-11)14(21)15(9-16)4-3-5-15/h10-11H,3-8H2,1-2H3,(H,17,18,19)/t11-/m0/s1. The van der Waals surface area contributed by atoms with Gasteiger partial charge in [0.25, 0.3) is 0 Å². The first-order valence-corrected chi connectivity index (χ1v) is 7.80. The normalized spacial score (nSPS) is 23.9. The summed E-state index contributed by atoms with van der Waals surface area (Å²) in [5.41, 5.74) is -0.799. The van der Waals surface area contributed by atoms with Gasteiger partial charge in [-0.25, -0.2) is 4.98 Å². The lowest BCUT2D eigenvalue weighted by Gasteiger charge is -2.40. The van der Waals surface area contributed by atoms with Crippen LogP contribution in [0.15, 0.2) is 0 Å². The average Bonchev–Trinajstić information content (AvgIpc) is 2.97. The van der Waals surface area contributed by atoms with Crippen LogP contribution in [0.25, 0.3) is 0 Å². The Morgan fingerprint density at radius 1 is 1.55 bits per heavy atom. The first-order valence-electron chi connectivity index (χ1n) is 7.80. The monoisotopic (exact) mass is 303 g/mol. The van der Waals surface area contributed by atoms with Crippen molar-refractivity contribution in [3.05, 3.63) is 11.6 Å². The molecule has 22 heavy (non-hydrogen) atoms. The first kappa shape index (κ1) is 15.0. The van der Waals surface area contributed by atoms with E-state index in [1.54, 1.807) is 4.90 Å². The van der Waals surface area contributed by atoms with Crippen LogP contribution < -0.4 is 0 Å². The SMILES string of the molecule is CC(C)c1n[nH]c([C@@H]2CN(C(=O)C3(C#N)CCC3)CCO2)n1. The minimum Gasteiger partial charge on any atom is -0.367 e. The lowest BCUT2D eigenvalue weighted by molar-refractivity contribution is -0.151. The van der Waals surface area contributed by atoms with Gasteiger partial charge in [-0.15, -0.1) is 0 Å². The molecule has 1 N–H and O–H groups in total. The van der Waals surface area contributed by atoms with E-state index in [1.165, 1.54) is 0 Å². The Morgan fingerprint density at radius 2 is 2.32 bits per heavy atom. The molecule has 1 aromatic rings. The number of morpholine rings is 1. The van der Waals surface area contributed by atoms with Crippen LogP contribution in [-0.4, -0.2) is 45.7 Å². The predicted molar refractivity (Wildman–Crippen MR) is 77.6 cm³/mol. The quantitative estimate of drug-likeness (QED) is 0.913. The highest BCUT2D eigenvalue weighted by atomic mass is 16.5. The number of nitriles is 1. The highest BCUT2D eigenvalue weighted by Crippen LogP contribution is 2.42. The molecule has 0 bridgehead atoms. The molecule has 1 aromatic heterocycles. The molecule has 1 atom stereocenters. The smallest absolute Gasteiger partial charge is 0.243 e.